The minimum Gasteiger partial charge on any atom is -0.481 e. The van der Waals surface area contributed by atoms with Gasteiger partial charge in [0.1, 0.15) is 0 Å². The van der Waals surface area contributed by atoms with E-state index in [1.165, 1.54) is 0 Å². The van der Waals surface area contributed by atoms with Gasteiger partial charge in [0.15, 0.2) is 0 Å². The van der Waals surface area contributed by atoms with Crippen LogP contribution in [0.2, 0.25) is 0 Å². The first kappa shape index (κ1) is 14.0. The van der Waals surface area contributed by atoms with Crippen LogP contribution in [0.5, 0.6) is 0 Å². The third kappa shape index (κ3) is 2.60. The van der Waals surface area contributed by atoms with E-state index in [2.05, 4.69) is 5.32 Å². The molecule has 17 heavy (non-hydrogen) atoms. The topological polar surface area (TPSA) is 92.4 Å². The Morgan fingerprint density at radius 1 is 1.35 bits per heavy atom. The molecule has 5 nitrogen and oxygen atoms in total. The largest absolute Gasteiger partial charge is 0.481 e. The maximum Gasteiger partial charge on any atom is 0.311 e. The van der Waals surface area contributed by atoms with Gasteiger partial charge in [0, 0.05) is 6.54 Å². The van der Waals surface area contributed by atoms with Gasteiger partial charge in [-0.2, -0.15) is 0 Å². The highest BCUT2D eigenvalue weighted by Crippen LogP contribution is 2.30. The summed E-state index contributed by atoms with van der Waals surface area (Å²) in [5, 5.41) is 11.9. The zero-order chi connectivity index (χ0) is 13.1. The molecule has 1 aliphatic carbocycles. The lowest BCUT2D eigenvalue weighted by Crippen LogP contribution is -2.60. The van der Waals surface area contributed by atoms with Gasteiger partial charge < -0.3 is 16.2 Å². The van der Waals surface area contributed by atoms with Crippen molar-refractivity contribution in [1.29, 1.82) is 0 Å². The molecule has 1 amide bonds. The van der Waals surface area contributed by atoms with E-state index in [9.17, 15) is 14.7 Å². The second-order valence-electron chi connectivity index (χ2n) is 4.98. The van der Waals surface area contributed by atoms with E-state index in [4.69, 9.17) is 5.73 Å². The fourth-order valence-corrected chi connectivity index (χ4v) is 2.09. The highest BCUT2D eigenvalue weighted by atomic mass is 16.4. The lowest BCUT2D eigenvalue weighted by atomic mass is 9.76. The molecule has 0 aromatic carbocycles. The zero-order valence-electron chi connectivity index (χ0n) is 10.6. The Hall–Kier alpha value is -1.10. The van der Waals surface area contributed by atoms with Gasteiger partial charge in [-0.3, -0.25) is 9.59 Å². The first-order chi connectivity index (χ1) is 7.90. The van der Waals surface area contributed by atoms with Crippen molar-refractivity contribution in [2.45, 2.75) is 51.5 Å². The molecule has 0 aromatic rings. The molecule has 1 aliphatic rings. The van der Waals surface area contributed by atoms with Crippen LogP contribution in [0.4, 0.5) is 0 Å². The van der Waals surface area contributed by atoms with Crippen molar-refractivity contribution >= 4 is 11.9 Å². The third-order valence-electron chi connectivity index (χ3n) is 4.09. The Labute approximate surface area is 102 Å². The number of carbonyl (C=O) groups is 2. The summed E-state index contributed by atoms with van der Waals surface area (Å²) in [5.74, 6) is -1.07. The van der Waals surface area contributed by atoms with Gasteiger partial charge in [0.25, 0.3) is 0 Å². The van der Waals surface area contributed by atoms with Crippen LogP contribution in [0.15, 0.2) is 0 Å². The van der Waals surface area contributed by atoms with Gasteiger partial charge in [-0.1, -0.05) is 13.8 Å². The highest BCUT2D eigenvalue weighted by Gasteiger charge is 2.42. The maximum atomic E-state index is 11.8. The molecule has 98 valence electrons. The molecular formula is C12H22N2O3. The summed E-state index contributed by atoms with van der Waals surface area (Å²) in [5.41, 5.74) is 4.25. The molecular weight excluding hydrogens is 220 g/mol. The molecule has 0 radical (unpaired) electrons. The molecule has 0 heterocycles. The first-order valence-corrected chi connectivity index (χ1v) is 6.21. The lowest BCUT2D eigenvalue weighted by Gasteiger charge is -2.37. The van der Waals surface area contributed by atoms with Gasteiger partial charge in [-0.25, -0.2) is 0 Å². The maximum absolute atomic E-state index is 11.8. The predicted molar refractivity (Wildman–Crippen MR) is 64.4 cm³/mol. The van der Waals surface area contributed by atoms with Crippen LogP contribution in [0.3, 0.4) is 0 Å². The summed E-state index contributed by atoms with van der Waals surface area (Å²) >= 11 is 0. The lowest BCUT2D eigenvalue weighted by molar-refractivity contribution is -0.149. The van der Waals surface area contributed by atoms with Crippen LogP contribution < -0.4 is 11.1 Å². The van der Waals surface area contributed by atoms with Crippen molar-refractivity contribution < 1.29 is 14.7 Å². The SMILES string of the molecule is CCC(CC)(CNC(=O)C1(N)CCC1)C(=O)O. The number of aliphatic carboxylic acids is 1. The summed E-state index contributed by atoms with van der Waals surface area (Å²) in [4.78, 5) is 23.1. The van der Waals surface area contributed by atoms with Crippen LogP contribution in [-0.2, 0) is 9.59 Å². The number of carboxylic acid groups (broad SMARTS) is 1. The van der Waals surface area contributed by atoms with E-state index >= 15 is 0 Å². The van der Waals surface area contributed by atoms with Crippen molar-refractivity contribution in [3.05, 3.63) is 0 Å². The number of rotatable bonds is 6. The van der Waals surface area contributed by atoms with E-state index in [0.29, 0.717) is 25.7 Å². The Kier molecular flexibility index (Phi) is 4.14. The number of hydrogen-bond acceptors (Lipinski definition) is 3. The van der Waals surface area contributed by atoms with Crippen LogP contribution in [0.25, 0.3) is 0 Å². The Balaban J connectivity index is 2.58. The molecule has 0 saturated heterocycles. The monoisotopic (exact) mass is 242 g/mol. The predicted octanol–water partition coefficient (Wildman–Crippen LogP) is 0.875. The van der Waals surface area contributed by atoms with Gasteiger partial charge in [0.05, 0.1) is 11.0 Å². The zero-order valence-corrected chi connectivity index (χ0v) is 10.6. The molecule has 5 heteroatoms. The number of nitrogens with two attached hydrogens (primary N) is 1. The Morgan fingerprint density at radius 3 is 2.18 bits per heavy atom. The molecule has 4 N–H and O–H groups in total. The highest BCUT2D eigenvalue weighted by molar-refractivity contribution is 5.87. The minimum atomic E-state index is -0.865. The van der Waals surface area contributed by atoms with E-state index in [1.807, 2.05) is 13.8 Å². The van der Waals surface area contributed by atoms with Crippen molar-refractivity contribution in [2.24, 2.45) is 11.1 Å². The molecule has 0 atom stereocenters. The van der Waals surface area contributed by atoms with E-state index in [0.717, 1.165) is 6.42 Å². The third-order valence-corrected chi connectivity index (χ3v) is 4.09. The van der Waals surface area contributed by atoms with Crippen molar-refractivity contribution in [2.75, 3.05) is 6.54 Å². The Morgan fingerprint density at radius 2 is 1.88 bits per heavy atom. The number of nitrogens with one attached hydrogen (secondary N) is 1. The average molecular weight is 242 g/mol. The van der Waals surface area contributed by atoms with E-state index < -0.39 is 16.9 Å². The number of hydrogen-bond donors (Lipinski definition) is 3. The number of carboxylic acids is 1. The van der Waals surface area contributed by atoms with E-state index in [-0.39, 0.29) is 12.5 Å². The number of amides is 1. The summed E-state index contributed by atoms with van der Waals surface area (Å²) in [7, 11) is 0. The van der Waals surface area contributed by atoms with Gasteiger partial charge in [-0.05, 0) is 32.1 Å². The van der Waals surface area contributed by atoms with Crippen LogP contribution in [0.1, 0.15) is 46.0 Å². The van der Waals surface area contributed by atoms with Gasteiger partial charge in [0.2, 0.25) is 5.91 Å². The average Bonchev–Trinajstić information content (AvgIpc) is 2.27. The summed E-state index contributed by atoms with van der Waals surface area (Å²) < 4.78 is 0. The summed E-state index contributed by atoms with van der Waals surface area (Å²) in [6.07, 6.45) is 3.34. The molecule has 1 fully saturated rings. The van der Waals surface area contributed by atoms with Crippen LogP contribution >= 0.6 is 0 Å². The Bertz CT molecular complexity index is 307. The fourth-order valence-electron chi connectivity index (χ4n) is 2.09. The van der Waals surface area contributed by atoms with Crippen molar-refractivity contribution in [1.82, 2.24) is 5.32 Å². The van der Waals surface area contributed by atoms with Crippen molar-refractivity contribution in [3.8, 4) is 0 Å². The van der Waals surface area contributed by atoms with Crippen LogP contribution in [0, 0.1) is 5.41 Å². The molecule has 1 rings (SSSR count). The van der Waals surface area contributed by atoms with Gasteiger partial charge >= 0.3 is 5.97 Å². The minimum absolute atomic E-state index is 0.160. The first-order valence-electron chi connectivity index (χ1n) is 6.21. The number of carbonyl (C=O) groups excluding carboxylic acids is 1. The second kappa shape index (κ2) is 5.04. The second-order valence-corrected chi connectivity index (χ2v) is 4.98. The molecule has 0 unspecified atom stereocenters. The standard InChI is InChI=1S/C12H22N2O3/c1-3-11(4-2,10(16)17)8-14-9(15)12(13)6-5-7-12/h3-8,13H2,1-2H3,(H,14,15)(H,16,17). The molecule has 0 spiro atoms. The van der Waals surface area contributed by atoms with Crippen LogP contribution in [-0.4, -0.2) is 29.1 Å². The molecule has 0 aromatic heterocycles. The van der Waals surface area contributed by atoms with Gasteiger partial charge in [-0.15, -0.1) is 0 Å². The summed E-state index contributed by atoms with van der Waals surface area (Å²) in [6.45, 7) is 3.81. The smallest absolute Gasteiger partial charge is 0.311 e. The fraction of sp³-hybridized carbons (Fsp3) is 0.833. The molecule has 1 saturated carbocycles. The quantitative estimate of drug-likeness (QED) is 0.644. The van der Waals surface area contributed by atoms with E-state index in [1.54, 1.807) is 0 Å². The normalized spacial score (nSPS) is 18.3. The molecule has 0 bridgehead atoms. The molecule has 0 aliphatic heterocycles. The summed E-state index contributed by atoms with van der Waals surface area (Å²) in [6, 6.07) is 0. The van der Waals surface area contributed by atoms with Crippen molar-refractivity contribution in [3.63, 3.8) is 0 Å².